The zero-order valence-corrected chi connectivity index (χ0v) is 10.9. The van der Waals surface area contributed by atoms with Crippen molar-refractivity contribution in [3.05, 3.63) is 0 Å². The lowest BCUT2D eigenvalue weighted by Gasteiger charge is -2.19. The Morgan fingerprint density at radius 2 is 1.05 bits per heavy atom. The molecule has 0 aliphatic heterocycles. The van der Waals surface area contributed by atoms with E-state index in [-0.39, 0.29) is 12.8 Å². The molecule has 0 amide bonds. The van der Waals surface area contributed by atoms with E-state index in [1.807, 2.05) is 0 Å². The van der Waals surface area contributed by atoms with Crippen LogP contribution in [0, 0.1) is 5.41 Å². The smallest absolute Gasteiger partial charge is 0.332 e. The molecule has 0 fully saturated rings. The van der Waals surface area contributed by atoms with Gasteiger partial charge < -0.3 is 20.4 Å². The van der Waals surface area contributed by atoms with Crippen LogP contribution in [-0.2, 0) is 19.2 Å². The van der Waals surface area contributed by atoms with Crippen molar-refractivity contribution in [2.45, 2.75) is 44.9 Å². The van der Waals surface area contributed by atoms with Crippen LogP contribution in [0.1, 0.15) is 44.9 Å². The van der Waals surface area contributed by atoms with Gasteiger partial charge in [-0.2, -0.15) is 0 Å². The summed E-state index contributed by atoms with van der Waals surface area (Å²) < 4.78 is 0. The third-order valence-corrected chi connectivity index (χ3v) is 3.04. The fourth-order valence-corrected chi connectivity index (χ4v) is 1.79. The first-order chi connectivity index (χ1) is 9.25. The van der Waals surface area contributed by atoms with E-state index < -0.39 is 35.7 Å². The molecule has 0 spiro atoms. The summed E-state index contributed by atoms with van der Waals surface area (Å²) in [6.07, 6.45) is 1.84. The Bertz CT molecular complexity index is 351. The summed E-state index contributed by atoms with van der Waals surface area (Å²) in [5.41, 5.74) is -2.80. The molecule has 0 aliphatic carbocycles. The molecule has 20 heavy (non-hydrogen) atoms. The quantitative estimate of drug-likeness (QED) is 0.325. The summed E-state index contributed by atoms with van der Waals surface area (Å²) in [7, 11) is 0. The second-order valence-corrected chi connectivity index (χ2v) is 4.48. The Hall–Kier alpha value is -2.12. The summed E-state index contributed by atoms with van der Waals surface area (Å²) in [5.74, 6) is -6.55. The van der Waals surface area contributed by atoms with Crippen LogP contribution in [0.4, 0.5) is 0 Å². The average Bonchev–Trinajstić information content (AvgIpc) is 2.30. The summed E-state index contributed by atoms with van der Waals surface area (Å²) in [4.78, 5) is 43.0. The van der Waals surface area contributed by atoms with E-state index in [0.717, 1.165) is 0 Å². The Morgan fingerprint density at radius 1 is 0.650 bits per heavy atom. The van der Waals surface area contributed by atoms with Crippen molar-refractivity contribution in [3.63, 3.8) is 0 Å². The van der Waals surface area contributed by atoms with E-state index in [1.54, 1.807) is 0 Å². The highest BCUT2D eigenvalue weighted by Gasteiger charge is 2.53. The fourth-order valence-electron chi connectivity index (χ4n) is 1.79. The molecule has 0 heterocycles. The van der Waals surface area contributed by atoms with Crippen LogP contribution in [0.2, 0.25) is 0 Å². The number of hydrogen-bond donors (Lipinski definition) is 4. The molecular weight excluding hydrogens is 272 g/mol. The molecule has 0 saturated heterocycles. The van der Waals surface area contributed by atoms with Gasteiger partial charge >= 0.3 is 23.9 Å². The summed E-state index contributed by atoms with van der Waals surface area (Å²) in [5, 5.41) is 34.9. The number of carboxylic acid groups (broad SMARTS) is 4. The van der Waals surface area contributed by atoms with Gasteiger partial charge in [-0.05, 0) is 12.8 Å². The topological polar surface area (TPSA) is 149 Å². The molecule has 0 radical (unpaired) electrons. The third-order valence-electron chi connectivity index (χ3n) is 3.04. The zero-order valence-electron chi connectivity index (χ0n) is 10.9. The minimum Gasteiger partial charge on any atom is -0.481 e. The van der Waals surface area contributed by atoms with Gasteiger partial charge in [-0.15, -0.1) is 0 Å². The molecule has 8 nitrogen and oxygen atoms in total. The van der Waals surface area contributed by atoms with Crippen LogP contribution in [0.3, 0.4) is 0 Å². The maximum absolute atomic E-state index is 10.9. The van der Waals surface area contributed by atoms with E-state index in [1.165, 1.54) is 0 Å². The number of unbranched alkanes of at least 4 members (excludes halogenated alkanes) is 4. The SMILES string of the molecule is O=C(O)CCCCCCCC(C(=O)O)(C(=O)O)C(=O)O. The molecule has 114 valence electrons. The van der Waals surface area contributed by atoms with E-state index in [9.17, 15) is 19.2 Å². The highest BCUT2D eigenvalue weighted by Crippen LogP contribution is 2.27. The second kappa shape index (κ2) is 8.13. The molecule has 0 aromatic rings. The number of carboxylic acids is 4. The van der Waals surface area contributed by atoms with Gasteiger partial charge in [0.05, 0.1) is 0 Å². The predicted octanol–water partition coefficient (Wildman–Crippen LogP) is 1.04. The average molecular weight is 290 g/mol. The van der Waals surface area contributed by atoms with Crippen molar-refractivity contribution >= 4 is 23.9 Å². The first kappa shape index (κ1) is 17.9. The summed E-state index contributed by atoms with van der Waals surface area (Å²) in [6.45, 7) is 0. The number of rotatable bonds is 11. The Labute approximate surface area is 115 Å². The minimum absolute atomic E-state index is 0.0450. The van der Waals surface area contributed by atoms with Crippen molar-refractivity contribution in [3.8, 4) is 0 Å². The number of carbonyl (C=O) groups is 4. The third kappa shape index (κ3) is 4.87. The van der Waals surface area contributed by atoms with Crippen molar-refractivity contribution < 1.29 is 39.6 Å². The van der Waals surface area contributed by atoms with E-state index >= 15 is 0 Å². The van der Waals surface area contributed by atoms with E-state index in [4.69, 9.17) is 20.4 Å². The molecule has 4 N–H and O–H groups in total. The van der Waals surface area contributed by atoms with Crippen molar-refractivity contribution in [1.29, 1.82) is 0 Å². The summed E-state index contributed by atoms with van der Waals surface area (Å²) in [6, 6.07) is 0. The molecule has 0 atom stereocenters. The molecule has 0 aliphatic rings. The van der Waals surface area contributed by atoms with E-state index in [0.29, 0.717) is 25.7 Å². The van der Waals surface area contributed by atoms with Gasteiger partial charge in [-0.1, -0.05) is 25.7 Å². The van der Waals surface area contributed by atoms with Gasteiger partial charge in [0.25, 0.3) is 5.41 Å². The van der Waals surface area contributed by atoms with Crippen molar-refractivity contribution in [2.75, 3.05) is 0 Å². The van der Waals surface area contributed by atoms with Gasteiger partial charge in [0, 0.05) is 6.42 Å². The van der Waals surface area contributed by atoms with Crippen LogP contribution in [-0.4, -0.2) is 44.3 Å². The number of hydrogen-bond acceptors (Lipinski definition) is 4. The molecule has 0 rings (SSSR count). The van der Waals surface area contributed by atoms with Gasteiger partial charge in [-0.25, -0.2) is 0 Å². The minimum atomic E-state index is -2.80. The lowest BCUT2D eigenvalue weighted by atomic mass is 9.82. The molecule has 0 unspecified atom stereocenters. The standard InChI is InChI=1S/C12H18O8/c13-8(14)6-4-2-1-3-5-7-12(9(15)16,10(17)18)11(19)20/h1-7H2,(H,13,14)(H,15,16)(H,17,18)(H,19,20). The molecular formula is C12H18O8. The monoisotopic (exact) mass is 290 g/mol. The first-order valence-electron chi connectivity index (χ1n) is 6.17. The van der Waals surface area contributed by atoms with Crippen LogP contribution < -0.4 is 0 Å². The van der Waals surface area contributed by atoms with E-state index in [2.05, 4.69) is 0 Å². The lowest BCUT2D eigenvalue weighted by Crippen LogP contribution is -2.46. The van der Waals surface area contributed by atoms with Gasteiger partial charge in [-0.3, -0.25) is 19.2 Å². The first-order valence-corrected chi connectivity index (χ1v) is 6.17. The molecule has 0 aromatic heterocycles. The zero-order chi connectivity index (χ0) is 15.8. The highest BCUT2D eigenvalue weighted by atomic mass is 16.4. The number of aliphatic carboxylic acids is 4. The Kier molecular flexibility index (Phi) is 7.27. The fraction of sp³-hybridized carbons (Fsp3) is 0.667. The van der Waals surface area contributed by atoms with Crippen LogP contribution in [0.25, 0.3) is 0 Å². The Morgan fingerprint density at radius 3 is 1.45 bits per heavy atom. The highest BCUT2D eigenvalue weighted by molar-refractivity contribution is 6.16. The molecule has 0 saturated carbocycles. The normalized spacial score (nSPS) is 11.0. The maximum Gasteiger partial charge on any atom is 0.332 e. The van der Waals surface area contributed by atoms with Crippen LogP contribution in [0.15, 0.2) is 0 Å². The predicted molar refractivity (Wildman–Crippen MR) is 65.3 cm³/mol. The van der Waals surface area contributed by atoms with Crippen LogP contribution in [0.5, 0.6) is 0 Å². The van der Waals surface area contributed by atoms with Gasteiger partial charge in [0.2, 0.25) is 0 Å². The molecule has 0 bridgehead atoms. The van der Waals surface area contributed by atoms with Crippen LogP contribution >= 0.6 is 0 Å². The van der Waals surface area contributed by atoms with Crippen molar-refractivity contribution in [1.82, 2.24) is 0 Å². The van der Waals surface area contributed by atoms with Crippen molar-refractivity contribution in [2.24, 2.45) is 5.41 Å². The Balaban J connectivity index is 4.24. The second-order valence-electron chi connectivity index (χ2n) is 4.48. The summed E-state index contributed by atoms with van der Waals surface area (Å²) >= 11 is 0. The maximum atomic E-state index is 10.9. The lowest BCUT2D eigenvalue weighted by molar-refractivity contribution is -0.176. The molecule has 0 aromatic carbocycles. The largest absolute Gasteiger partial charge is 0.481 e. The van der Waals surface area contributed by atoms with Gasteiger partial charge in [0.1, 0.15) is 0 Å². The molecule has 8 heteroatoms. The van der Waals surface area contributed by atoms with Gasteiger partial charge in [0.15, 0.2) is 0 Å².